The Hall–Kier alpha value is -2.17. The predicted octanol–water partition coefficient (Wildman–Crippen LogP) is 3.80. The molecule has 4 nitrogen and oxygen atoms in total. The van der Waals surface area contributed by atoms with Crippen molar-refractivity contribution in [2.75, 3.05) is 11.5 Å². The third kappa shape index (κ3) is 4.65. The maximum atomic E-state index is 6.05. The van der Waals surface area contributed by atoms with E-state index in [4.69, 9.17) is 11.5 Å². The summed E-state index contributed by atoms with van der Waals surface area (Å²) in [6, 6.07) is 19.9. The van der Waals surface area contributed by atoms with Crippen LogP contribution in [0.5, 0.6) is 0 Å². The summed E-state index contributed by atoms with van der Waals surface area (Å²) < 4.78 is 1.85. The lowest BCUT2D eigenvalue weighted by atomic mass is 10.1. The molecular formula is C17H20Cl2N4. The summed E-state index contributed by atoms with van der Waals surface area (Å²) in [4.78, 5) is 0. The average molecular weight is 351 g/mol. The first-order valence-electron chi connectivity index (χ1n) is 6.95. The largest absolute Gasteiger partial charge is 0.399 e. The fraction of sp³-hybridized carbons (Fsp3) is 0.118. The zero-order valence-corrected chi connectivity index (χ0v) is 14.2. The summed E-state index contributed by atoms with van der Waals surface area (Å²) in [7, 11) is 0. The van der Waals surface area contributed by atoms with Crippen LogP contribution in [0.25, 0.3) is 11.3 Å². The first-order valence-corrected chi connectivity index (χ1v) is 6.95. The number of halogens is 2. The van der Waals surface area contributed by atoms with Crippen LogP contribution in [0.2, 0.25) is 0 Å². The van der Waals surface area contributed by atoms with Crippen LogP contribution in [0.1, 0.15) is 5.56 Å². The number of nitrogen functional groups attached to an aromatic ring is 2. The number of aromatic nitrogens is 2. The molecule has 0 aliphatic rings. The number of anilines is 2. The molecular weight excluding hydrogens is 331 g/mol. The van der Waals surface area contributed by atoms with Gasteiger partial charge in [0.15, 0.2) is 0 Å². The molecule has 0 spiro atoms. The Morgan fingerprint density at radius 3 is 2.17 bits per heavy atom. The van der Waals surface area contributed by atoms with Gasteiger partial charge in [-0.1, -0.05) is 42.5 Å². The highest BCUT2D eigenvalue weighted by Crippen LogP contribution is 2.21. The molecule has 0 radical (unpaired) electrons. The van der Waals surface area contributed by atoms with E-state index in [1.807, 2.05) is 53.2 Å². The molecule has 0 saturated carbocycles. The molecule has 0 fully saturated rings. The van der Waals surface area contributed by atoms with Crippen LogP contribution in [0.15, 0.2) is 60.7 Å². The van der Waals surface area contributed by atoms with Gasteiger partial charge in [-0.3, -0.25) is 0 Å². The van der Waals surface area contributed by atoms with E-state index in [-0.39, 0.29) is 24.8 Å². The molecule has 4 N–H and O–H groups in total. The minimum Gasteiger partial charge on any atom is -0.399 e. The number of benzene rings is 2. The smallest absolute Gasteiger partial charge is 0.122 e. The second-order valence-corrected chi connectivity index (χ2v) is 5.04. The summed E-state index contributed by atoms with van der Waals surface area (Å²) >= 11 is 0. The molecule has 23 heavy (non-hydrogen) atoms. The Labute approximate surface area is 148 Å². The van der Waals surface area contributed by atoms with Gasteiger partial charge in [-0.2, -0.15) is 5.10 Å². The van der Waals surface area contributed by atoms with E-state index in [1.54, 1.807) is 0 Å². The monoisotopic (exact) mass is 350 g/mol. The van der Waals surface area contributed by atoms with Gasteiger partial charge in [-0.05, 0) is 24.1 Å². The summed E-state index contributed by atoms with van der Waals surface area (Å²) in [5, 5.41) is 4.58. The molecule has 0 amide bonds. The molecule has 0 saturated heterocycles. The van der Waals surface area contributed by atoms with Gasteiger partial charge in [-0.25, -0.2) is 4.68 Å². The summed E-state index contributed by atoms with van der Waals surface area (Å²) in [5.41, 5.74) is 15.7. The Bertz CT molecular complexity index is 724. The highest BCUT2D eigenvalue weighted by molar-refractivity contribution is 5.85. The molecule has 0 aliphatic carbocycles. The molecule has 0 bridgehead atoms. The van der Waals surface area contributed by atoms with Gasteiger partial charge >= 0.3 is 0 Å². The first kappa shape index (κ1) is 18.9. The fourth-order valence-electron chi connectivity index (χ4n) is 2.28. The van der Waals surface area contributed by atoms with Crippen molar-refractivity contribution in [2.45, 2.75) is 13.0 Å². The van der Waals surface area contributed by atoms with Crippen LogP contribution in [-0.2, 0) is 13.0 Å². The highest BCUT2D eigenvalue weighted by Gasteiger charge is 2.07. The molecule has 3 rings (SSSR count). The number of rotatable bonds is 4. The second kappa shape index (κ2) is 8.46. The molecule has 3 aromatic rings. The van der Waals surface area contributed by atoms with Crippen molar-refractivity contribution in [3.63, 3.8) is 0 Å². The number of nitrogens with two attached hydrogens (primary N) is 2. The normalized spacial score (nSPS) is 9.74. The van der Waals surface area contributed by atoms with Crippen LogP contribution in [0.3, 0.4) is 0 Å². The van der Waals surface area contributed by atoms with Crippen LogP contribution < -0.4 is 11.5 Å². The lowest BCUT2D eigenvalue weighted by Crippen LogP contribution is -2.06. The highest BCUT2D eigenvalue weighted by atomic mass is 35.5. The lowest BCUT2D eigenvalue weighted by Gasteiger charge is -2.04. The molecule has 2 aromatic carbocycles. The number of aryl methyl sites for hydroxylation is 2. The van der Waals surface area contributed by atoms with Crippen LogP contribution in [0, 0.1) is 0 Å². The Kier molecular flexibility index (Phi) is 6.94. The topological polar surface area (TPSA) is 69.9 Å². The number of hydrogen-bond donors (Lipinski definition) is 2. The fourth-order valence-corrected chi connectivity index (χ4v) is 2.28. The molecule has 1 aromatic heterocycles. The van der Waals surface area contributed by atoms with Crippen LogP contribution in [-0.4, -0.2) is 9.78 Å². The van der Waals surface area contributed by atoms with Crippen LogP contribution in [0.4, 0.5) is 11.5 Å². The minimum atomic E-state index is 0. The van der Waals surface area contributed by atoms with Crippen LogP contribution >= 0.6 is 24.8 Å². The standard InChI is InChI=1S/C17H18N4.2ClH/c18-15-8-6-14(7-9-15)16-12-17(19)21(20-16)11-10-13-4-2-1-3-5-13;;/h1-9,12H,10-11,18-19H2;2*1H. The van der Waals surface area contributed by atoms with E-state index in [0.717, 1.165) is 29.9 Å². The SMILES string of the molecule is Cl.Cl.Nc1ccc(-c2cc(N)n(CCc3ccccc3)n2)cc1. The van der Waals surface area contributed by atoms with Gasteiger partial charge in [0.05, 0.1) is 5.69 Å². The third-order valence-electron chi connectivity index (χ3n) is 3.47. The molecule has 122 valence electrons. The van der Waals surface area contributed by atoms with E-state index >= 15 is 0 Å². The summed E-state index contributed by atoms with van der Waals surface area (Å²) in [6.07, 6.45) is 0.911. The van der Waals surface area contributed by atoms with Crippen molar-refractivity contribution in [1.82, 2.24) is 9.78 Å². The molecule has 0 aliphatic heterocycles. The van der Waals surface area contributed by atoms with E-state index in [2.05, 4.69) is 17.2 Å². The second-order valence-electron chi connectivity index (χ2n) is 5.04. The van der Waals surface area contributed by atoms with E-state index in [9.17, 15) is 0 Å². The number of nitrogens with zero attached hydrogens (tertiary/aromatic N) is 2. The van der Waals surface area contributed by atoms with Gasteiger partial charge in [0.2, 0.25) is 0 Å². The molecule has 0 atom stereocenters. The first-order chi connectivity index (χ1) is 10.2. The van der Waals surface area contributed by atoms with Gasteiger partial charge in [0.25, 0.3) is 0 Å². The summed E-state index contributed by atoms with van der Waals surface area (Å²) in [5.74, 6) is 0.678. The third-order valence-corrected chi connectivity index (χ3v) is 3.47. The van der Waals surface area contributed by atoms with Crippen molar-refractivity contribution in [3.8, 4) is 11.3 Å². The molecule has 1 heterocycles. The minimum absolute atomic E-state index is 0. The van der Waals surface area contributed by atoms with Crippen molar-refractivity contribution < 1.29 is 0 Å². The predicted molar refractivity (Wildman–Crippen MR) is 101 cm³/mol. The van der Waals surface area contributed by atoms with Crippen molar-refractivity contribution in [1.29, 1.82) is 0 Å². The lowest BCUT2D eigenvalue weighted by molar-refractivity contribution is 0.625. The Morgan fingerprint density at radius 1 is 0.870 bits per heavy atom. The van der Waals surface area contributed by atoms with Gasteiger partial charge in [-0.15, -0.1) is 24.8 Å². The zero-order chi connectivity index (χ0) is 14.7. The van der Waals surface area contributed by atoms with Crippen molar-refractivity contribution in [3.05, 3.63) is 66.2 Å². The van der Waals surface area contributed by atoms with E-state index < -0.39 is 0 Å². The van der Waals surface area contributed by atoms with Crippen molar-refractivity contribution >= 4 is 36.3 Å². The van der Waals surface area contributed by atoms with Gasteiger partial charge in [0, 0.05) is 23.9 Å². The molecule has 0 unspecified atom stereocenters. The Balaban J connectivity index is 0.00000132. The number of hydrogen-bond acceptors (Lipinski definition) is 3. The Morgan fingerprint density at radius 2 is 1.52 bits per heavy atom. The van der Waals surface area contributed by atoms with Gasteiger partial charge < -0.3 is 11.5 Å². The quantitative estimate of drug-likeness (QED) is 0.703. The average Bonchev–Trinajstić information content (AvgIpc) is 2.88. The van der Waals surface area contributed by atoms with E-state index in [0.29, 0.717) is 5.82 Å². The zero-order valence-electron chi connectivity index (χ0n) is 12.6. The maximum absolute atomic E-state index is 6.05. The summed E-state index contributed by atoms with van der Waals surface area (Å²) in [6.45, 7) is 0.769. The molecule has 6 heteroatoms. The maximum Gasteiger partial charge on any atom is 0.122 e. The van der Waals surface area contributed by atoms with E-state index in [1.165, 1.54) is 5.56 Å². The van der Waals surface area contributed by atoms with Crippen molar-refractivity contribution in [2.24, 2.45) is 0 Å². The van der Waals surface area contributed by atoms with Gasteiger partial charge in [0.1, 0.15) is 5.82 Å².